The molecule has 6 heteroatoms. The summed E-state index contributed by atoms with van der Waals surface area (Å²) in [5.74, 6) is 0.182. The molecule has 2 aliphatic heterocycles. The molecule has 3 rings (SSSR count). The zero-order valence-corrected chi connectivity index (χ0v) is 11.9. The van der Waals surface area contributed by atoms with E-state index in [2.05, 4.69) is 5.16 Å². The number of hydrogen-bond donors (Lipinski definition) is 0. The number of piperidine rings is 1. The van der Waals surface area contributed by atoms with Gasteiger partial charge in [-0.25, -0.2) is 0 Å². The molecule has 20 heavy (non-hydrogen) atoms. The van der Waals surface area contributed by atoms with Gasteiger partial charge in [0.2, 0.25) is 5.76 Å². The molecule has 2 atom stereocenters. The molecule has 1 aromatic heterocycles. The second-order valence-electron chi connectivity index (χ2n) is 5.59. The molecule has 0 radical (unpaired) electrons. The van der Waals surface area contributed by atoms with Crippen LogP contribution in [0.4, 0.5) is 0 Å². The molecule has 1 aromatic rings. The highest BCUT2D eigenvalue weighted by molar-refractivity contribution is 5.91. The maximum Gasteiger partial charge on any atom is 0.292 e. The minimum Gasteiger partial charge on any atom is -0.378 e. The Bertz CT molecular complexity index is 493. The number of methoxy groups -OCH3 is 1. The fraction of sp³-hybridized carbons (Fsp3) is 0.714. The number of aryl methyl sites for hydroxylation is 1. The van der Waals surface area contributed by atoms with Crippen molar-refractivity contribution >= 4 is 5.91 Å². The van der Waals surface area contributed by atoms with Crippen LogP contribution in [0.5, 0.6) is 0 Å². The first-order chi connectivity index (χ1) is 9.64. The highest BCUT2D eigenvalue weighted by Crippen LogP contribution is 2.36. The molecule has 2 saturated heterocycles. The molecule has 0 saturated carbocycles. The zero-order valence-electron chi connectivity index (χ0n) is 11.9. The van der Waals surface area contributed by atoms with Gasteiger partial charge in [0.05, 0.1) is 18.3 Å². The van der Waals surface area contributed by atoms with Crippen LogP contribution in [0.2, 0.25) is 0 Å². The standard InChI is InChI=1S/C14H20N2O4/c1-10-8-11(20-15-10)13(17)16-6-4-12(18-2)14(9-16)5-3-7-19-14/h8,12H,3-7,9H2,1-2H3/t12-,14-/m0/s1. The molecule has 2 fully saturated rings. The van der Waals surface area contributed by atoms with E-state index in [0.29, 0.717) is 24.5 Å². The van der Waals surface area contributed by atoms with Crippen molar-refractivity contribution in [2.75, 3.05) is 26.8 Å². The predicted molar refractivity (Wildman–Crippen MR) is 70.5 cm³/mol. The molecular weight excluding hydrogens is 260 g/mol. The second-order valence-corrected chi connectivity index (χ2v) is 5.59. The molecule has 2 aliphatic rings. The van der Waals surface area contributed by atoms with Crippen LogP contribution in [-0.4, -0.2) is 54.5 Å². The average Bonchev–Trinajstić information content (AvgIpc) is 3.08. The molecule has 3 heterocycles. The van der Waals surface area contributed by atoms with Gasteiger partial charge in [0.1, 0.15) is 5.60 Å². The molecule has 110 valence electrons. The first-order valence-corrected chi connectivity index (χ1v) is 7.04. The molecule has 1 spiro atoms. The highest BCUT2D eigenvalue weighted by atomic mass is 16.6. The molecule has 0 bridgehead atoms. The third-order valence-corrected chi connectivity index (χ3v) is 4.25. The van der Waals surface area contributed by atoms with Gasteiger partial charge in [-0.15, -0.1) is 0 Å². The summed E-state index contributed by atoms with van der Waals surface area (Å²) in [7, 11) is 1.71. The van der Waals surface area contributed by atoms with Crippen molar-refractivity contribution in [3.63, 3.8) is 0 Å². The van der Waals surface area contributed by atoms with Crippen LogP contribution in [0.25, 0.3) is 0 Å². The summed E-state index contributed by atoms with van der Waals surface area (Å²) in [5, 5.41) is 3.77. The number of carbonyl (C=O) groups is 1. The van der Waals surface area contributed by atoms with Crippen LogP contribution in [0.15, 0.2) is 10.6 Å². The van der Waals surface area contributed by atoms with Gasteiger partial charge in [0.15, 0.2) is 0 Å². The lowest BCUT2D eigenvalue weighted by Gasteiger charge is -2.44. The van der Waals surface area contributed by atoms with E-state index >= 15 is 0 Å². The second kappa shape index (κ2) is 5.18. The molecule has 1 amide bonds. The maximum atomic E-state index is 12.4. The summed E-state index contributed by atoms with van der Waals surface area (Å²) in [6.45, 7) is 3.76. The Morgan fingerprint density at radius 3 is 3.05 bits per heavy atom. The number of rotatable bonds is 2. The molecule has 0 N–H and O–H groups in total. The van der Waals surface area contributed by atoms with E-state index in [1.165, 1.54) is 0 Å². The lowest BCUT2D eigenvalue weighted by Crippen LogP contribution is -2.58. The van der Waals surface area contributed by atoms with E-state index in [4.69, 9.17) is 14.0 Å². The minimum atomic E-state index is -0.349. The summed E-state index contributed by atoms with van der Waals surface area (Å²) < 4.78 is 16.6. The fourth-order valence-corrected chi connectivity index (χ4v) is 3.26. The van der Waals surface area contributed by atoms with Gasteiger partial charge < -0.3 is 18.9 Å². The van der Waals surface area contributed by atoms with E-state index in [1.807, 2.05) is 0 Å². The van der Waals surface area contributed by atoms with Crippen LogP contribution >= 0.6 is 0 Å². The van der Waals surface area contributed by atoms with E-state index in [0.717, 1.165) is 25.9 Å². The number of hydrogen-bond acceptors (Lipinski definition) is 5. The van der Waals surface area contributed by atoms with Gasteiger partial charge in [-0.2, -0.15) is 0 Å². The van der Waals surface area contributed by atoms with E-state index in [1.54, 1.807) is 25.0 Å². The summed E-state index contributed by atoms with van der Waals surface area (Å²) in [4.78, 5) is 14.2. The molecule has 0 unspecified atom stereocenters. The Balaban J connectivity index is 1.77. The molecule has 0 aromatic carbocycles. The van der Waals surface area contributed by atoms with Gasteiger partial charge in [-0.1, -0.05) is 5.16 Å². The quantitative estimate of drug-likeness (QED) is 0.819. The predicted octanol–water partition coefficient (Wildman–Crippen LogP) is 1.39. The largest absolute Gasteiger partial charge is 0.378 e. The van der Waals surface area contributed by atoms with Crippen molar-refractivity contribution in [3.8, 4) is 0 Å². The lowest BCUT2D eigenvalue weighted by molar-refractivity contribution is -0.137. The number of aromatic nitrogens is 1. The number of likely N-dealkylation sites (tertiary alicyclic amines) is 1. The zero-order chi connectivity index (χ0) is 14.2. The van der Waals surface area contributed by atoms with Crippen LogP contribution in [0.1, 0.15) is 35.5 Å². The number of ether oxygens (including phenoxy) is 2. The van der Waals surface area contributed by atoms with Crippen LogP contribution < -0.4 is 0 Å². The van der Waals surface area contributed by atoms with Crippen molar-refractivity contribution in [2.24, 2.45) is 0 Å². The highest BCUT2D eigenvalue weighted by Gasteiger charge is 2.48. The third-order valence-electron chi connectivity index (χ3n) is 4.25. The Morgan fingerprint density at radius 2 is 2.45 bits per heavy atom. The fourth-order valence-electron chi connectivity index (χ4n) is 3.26. The van der Waals surface area contributed by atoms with Crippen LogP contribution in [-0.2, 0) is 9.47 Å². The summed E-state index contributed by atoms with van der Waals surface area (Å²) in [6, 6.07) is 1.67. The van der Waals surface area contributed by atoms with Crippen molar-refractivity contribution in [3.05, 3.63) is 17.5 Å². The van der Waals surface area contributed by atoms with Crippen molar-refractivity contribution in [1.82, 2.24) is 10.1 Å². The molecule has 6 nitrogen and oxygen atoms in total. The van der Waals surface area contributed by atoms with Gasteiger partial charge in [0.25, 0.3) is 5.91 Å². The average molecular weight is 280 g/mol. The van der Waals surface area contributed by atoms with E-state index < -0.39 is 0 Å². The first kappa shape index (κ1) is 13.6. The number of nitrogens with zero attached hydrogens (tertiary/aromatic N) is 2. The normalized spacial score (nSPS) is 30.1. The topological polar surface area (TPSA) is 64.8 Å². The van der Waals surface area contributed by atoms with E-state index in [9.17, 15) is 4.79 Å². The van der Waals surface area contributed by atoms with Gasteiger partial charge in [-0.3, -0.25) is 4.79 Å². The Morgan fingerprint density at radius 1 is 1.60 bits per heavy atom. The maximum absolute atomic E-state index is 12.4. The van der Waals surface area contributed by atoms with Crippen LogP contribution in [0, 0.1) is 6.92 Å². The van der Waals surface area contributed by atoms with Crippen molar-refractivity contribution in [1.29, 1.82) is 0 Å². The van der Waals surface area contributed by atoms with Gasteiger partial charge in [0, 0.05) is 26.3 Å². The van der Waals surface area contributed by atoms with Gasteiger partial charge >= 0.3 is 0 Å². The minimum absolute atomic E-state index is 0.0607. The number of amides is 1. The van der Waals surface area contributed by atoms with E-state index in [-0.39, 0.29) is 17.6 Å². The monoisotopic (exact) mass is 280 g/mol. The SMILES string of the molecule is CO[C@H]1CCN(C(=O)c2cc(C)no2)C[C@@]12CCCO2. The lowest BCUT2D eigenvalue weighted by atomic mass is 9.86. The summed E-state index contributed by atoms with van der Waals surface area (Å²) in [5.41, 5.74) is 0.365. The smallest absolute Gasteiger partial charge is 0.292 e. The Kier molecular flexibility index (Phi) is 3.52. The third kappa shape index (κ3) is 2.23. The summed E-state index contributed by atoms with van der Waals surface area (Å²) >= 11 is 0. The molecular formula is C14H20N2O4. The Labute approximate surface area is 118 Å². The van der Waals surface area contributed by atoms with Crippen molar-refractivity contribution < 1.29 is 18.8 Å². The molecule has 0 aliphatic carbocycles. The number of carbonyl (C=O) groups excluding carboxylic acids is 1. The van der Waals surface area contributed by atoms with Crippen LogP contribution in [0.3, 0.4) is 0 Å². The summed E-state index contributed by atoms with van der Waals surface area (Å²) in [6.07, 6.45) is 2.80. The van der Waals surface area contributed by atoms with Crippen molar-refractivity contribution in [2.45, 2.75) is 37.9 Å². The first-order valence-electron chi connectivity index (χ1n) is 7.04. The Hall–Kier alpha value is -1.40. The van der Waals surface area contributed by atoms with Gasteiger partial charge in [-0.05, 0) is 26.2 Å².